The van der Waals surface area contributed by atoms with Crippen LogP contribution in [0.25, 0.3) is 6.08 Å². The number of allylic oxidation sites excluding steroid dienone is 1. The van der Waals surface area contributed by atoms with Crippen molar-refractivity contribution in [2.45, 2.75) is 51.9 Å². The molecule has 2 rings (SSSR count). The summed E-state index contributed by atoms with van der Waals surface area (Å²) in [6, 6.07) is 4.69. The minimum Gasteiger partial charge on any atom is -0.0795 e. The normalized spacial score (nSPS) is 13.1. The van der Waals surface area contributed by atoms with E-state index in [-0.39, 0.29) is 0 Å². The molecule has 1 aromatic carbocycles. The first-order valence-corrected chi connectivity index (χ1v) is 7.58. The summed E-state index contributed by atoms with van der Waals surface area (Å²) < 4.78 is 1.27. The van der Waals surface area contributed by atoms with Gasteiger partial charge in [-0.3, -0.25) is 0 Å². The minimum atomic E-state index is 1.11. The van der Waals surface area contributed by atoms with Gasteiger partial charge >= 0.3 is 0 Å². The van der Waals surface area contributed by atoms with E-state index in [9.17, 15) is 0 Å². The maximum atomic E-state index is 3.68. The van der Waals surface area contributed by atoms with Crippen LogP contribution >= 0.6 is 15.9 Å². The van der Waals surface area contributed by atoms with Crippen LogP contribution in [0.1, 0.15) is 55.7 Å². The van der Waals surface area contributed by atoms with Crippen LogP contribution < -0.4 is 0 Å². The minimum absolute atomic E-state index is 1.11. The number of hydrogen-bond donors (Lipinski definition) is 0. The van der Waals surface area contributed by atoms with Gasteiger partial charge in [-0.15, -0.1) is 0 Å². The van der Waals surface area contributed by atoms with Crippen LogP contribution in [0.3, 0.4) is 0 Å². The Morgan fingerprint density at radius 2 is 1.94 bits per heavy atom. The summed E-state index contributed by atoms with van der Waals surface area (Å²) >= 11 is 3.68. The fraction of sp³-hybridized carbons (Fsp3) is 0.500. The van der Waals surface area contributed by atoms with E-state index in [1.165, 1.54) is 59.7 Å². The molecular formula is C16H21Br. The molecule has 0 saturated carbocycles. The third-order valence-electron chi connectivity index (χ3n) is 3.47. The first-order chi connectivity index (χ1) is 8.31. The Labute approximate surface area is 113 Å². The monoisotopic (exact) mass is 292 g/mol. The fourth-order valence-electron chi connectivity index (χ4n) is 2.47. The summed E-state index contributed by atoms with van der Waals surface area (Å²) in [5.74, 6) is 0. The quantitative estimate of drug-likeness (QED) is 0.605. The summed E-state index contributed by atoms with van der Waals surface area (Å²) in [6.45, 7) is 2.27. The number of fused-ring (bicyclic) bond motifs is 1. The van der Waals surface area contributed by atoms with E-state index in [1.807, 2.05) is 0 Å². The second-order valence-corrected chi connectivity index (χ2v) is 5.78. The van der Waals surface area contributed by atoms with E-state index in [0.717, 1.165) is 6.42 Å². The lowest BCUT2D eigenvalue weighted by molar-refractivity contribution is 0.632. The Kier molecular flexibility index (Phi) is 4.85. The van der Waals surface area contributed by atoms with Crippen molar-refractivity contribution in [2.24, 2.45) is 0 Å². The SMILES string of the molecule is CCCCCCCc1cc(Br)c2c(c1)CC=C2. The molecule has 0 amide bonds. The molecule has 17 heavy (non-hydrogen) atoms. The molecule has 1 aliphatic carbocycles. The largest absolute Gasteiger partial charge is 0.0795 e. The van der Waals surface area contributed by atoms with Gasteiger partial charge < -0.3 is 0 Å². The number of hydrogen-bond acceptors (Lipinski definition) is 0. The summed E-state index contributed by atoms with van der Waals surface area (Å²) in [4.78, 5) is 0. The summed E-state index contributed by atoms with van der Waals surface area (Å²) in [5, 5.41) is 0. The Morgan fingerprint density at radius 3 is 2.76 bits per heavy atom. The maximum absolute atomic E-state index is 3.68. The Hall–Kier alpha value is -0.560. The lowest BCUT2D eigenvalue weighted by Gasteiger charge is -2.07. The molecule has 0 aromatic heterocycles. The molecule has 0 unspecified atom stereocenters. The molecule has 92 valence electrons. The average molecular weight is 293 g/mol. The summed E-state index contributed by atoms with van der Waals surface area (Å²) in [7, 11) is 0. The highest BCUT2D eigenvalue weighted by atomic mass is 79.9. The number of halogens is 1. The lowest BCUT2D eigenvalue weighted by Crippen LogP contribution is -1.91. The highest BCUT2D eigenvalue weighted by Gasteiger charge is 2.10. The molecule has 0 aliphatic heterocycles. The molecule has 0 radical (unpaired) electrons. The first kappa shape index (κ1) is 12.9. The van der Waals surface area contributed by atoms with Crippen LogP contribution in [-0.2, 0) is 12.8 Å². The Bertz CT molecular complexity index is 404. The van der Waals surface area contributed by atoms with Crippen molar-refractivity contribution < 1.29 is 0 Å². The molecule has 0 fully saturated rings. The van der Waals surface area contributed by atoms with Crippen LogP contribution in [0.5, 0.6) is 0 Å². The molecule has 0 nitrogen and oxygen atoms in total. The van der Waals surface area contributed by atoms with E-state index in [0.29, 0.717) is 0 Å². The highest BCUT2D eigenvalue weighted by Crippen LogP contribution is 2.29. The van der Waals surface area contributed by atoms with Gasteiger partial charge in [0.1, 0.15) is 0 Å². The van der Waals surface area contributed by atoms with E-state index in [4.69, 9.17) is 0 Å². The molecule has 0 atom stereocenters. The van der Waals surface area contributed by atoms with Crippen LogP contribution in [0.15, 0.2) is 22.7 Å². The molecular weight excluding hydrogens is 272 g/mol. The van der Waals surface area contributed by atoms with E-state index < -0.39 is 0 Å². The van der Waals surface area contributed by atoms with Crippen molar-refractivity contribution >= 4 is 22.0 Å². The standard InChI is InChI=1S/C16H21Br/c1-2-3-4-5-6-8-13-11-14-9-7-10-15(14)16(17)12-13/h7,10-12H,2-6,8-9H2,1H3. The van der Waals surface area contributed by atoms with Crippen molar-refractivity contribution in [1.29, 1.82) is 0 Å². The van der Waals surface area contributed by atoms with E-state index in [1.54, 1.807) is 0 Å². The molecule has 0 heterocycles. The molecule has 0 saturated heterocycles. The van der Waals surface area contributed by atoms with Gasteiger partial charge in [-0.05, 0) is 42.0 Å². The maximum Gasteiger partial charge on any atom is 0.0253 e. The van der Waals surface area contributed by atoms with Crippen molar-refractivity contribution in [3.8, 4) is 0 Å². The van der Waals surface area contributed by atoms with Crippen molar-refractivity contribution in [1.82, 2.24) is 0 Å². The van der Waals surface area contributed by atoms with Crippen LogP contribution in [0.4, 0.5) is 0 Å². The second-order valence-electron chi connectivity index (χ2n) is 4.92. The van der Waals surface area contributed by atoms with Gasteiger partial charge in [0.15, 0.2) is 0 Å². The number of rotatable bonds is 6. The van der Waals surface area contributed by atoms with Gasteiger partial charge in [-0.25, -0.2) is 0 Å². The van der Waals surface area contributed by atoms with Gasteiger partial charge in [-0.1, -0.05) is 66.8 Å². The van der Waals surface area contributed by atoms with Gasteiger partial charge in [0.25, 0.3) is 0 Å². The van der Waals surface area contributed by atoms with Gasteiger partial charge in [0.2, 0.25) is 0 Å². The van der Waals surface area contributed by atoms with Crippen molar-refractivity contribution in [3.05, 3.63) is 39.4 Å². The molecule has 1 aromatic rings. The lowest BCUT2D eigenvalue weighted by atomic mass is 10.0. The second kappa shape index (κ2) is 6.39. The summed E-state index contributed by atoms with van der Waals surface area (Å²) in [5.41, 5.74) is 4.37. The predicted molar refractivity (Wildman–Crippen MR) is 79.3 cm³/mol. The zero-order chi connectivity index (χ0) is 12.1. The van der Waals surface area contributed by atoms with Crippen LogP contribution in [-0.4, -0.2) is 0 Å². The van der Waals surface area contributed by atoms with Crippen molar-refractivity contribution in [3.63, 3.8) is 0 Å². The van der Waals surface area contributed by atoms with Gasteiger partial charge in [-0.2, -0.15) is 0 Å². The molecule has 1 heteroatoms. The summed E-state index contributed by atoms with van der Waals surface area (Å²) in [6.07, 6.45) is 13.6. The number of benzene rings is 1. The predicted octanol–water partition coefficient (Wildman–Crippen LogP) is 5.53. The van der Waals surface area contributed by atoms with Crippen molar-refractivity contribution in [2.75, 3.05) is 0 Å². The zero-order valence-corrected chi connectivity index (χ0v) is 12.2. The molecule has 0 bridgehead atoms. The van der Waals surface area contributed by atoms with Gasteiger partial charge in [0.05, 0.1) is 0 Å². The first-order valence-electron chi connectivity index (χ1n) is 6.79. The Balaban J connectivity index is 1.88. The molecule has 0 spiro atoms. The van der Waals surface area contributed by atoms with Crippen LogP contribution in [0, 0.1) is 0 Å². The van der Waals surface area contributed by atoms with Gasteiger partial charge in [0, 0.05) is 4.47 Å². The third-order valence-corrected chi connectivity index (χ3v) is 4.12. The molecule has 0 N–H and O–H groups in total. The highest BCUT2D eigenvalue weighted by molar-refractivity contribution is 9.10. The number of aryl methyl sites for hydroxylation is 1. The Morgan fingerprint density at radius 1 is 1.12 bits per heavy atom. The van der Waals surface area contributed by atoms with E-state index >= 15 is 0 Å². The average Bonchev–Trinajstić information content (AvgIpc) is 2.77. The smallest absolute Gasteiger partial charge is 0.0253 e. The number of unbranched alkanes of at least 4 members (excludes halogenated alkanes) is 4. The third kappa shape index (κ3) is 3.45. The van der Waals surface area contributed by atoms with Crippen LogP contribution in [0.2, 0.25) is 0 Å². The zero-order valence-electron chi connectivity index (χ0n) is 10.6. The van der Waals surface area contributed by atoms with E-state index in [2.05, 4.69) is 47.1 Å². The fourth-order valence-corrected chi connectivity index (χ4v) is 3.15. The topological polar surface area (TPSA) is 0 Å². The molecule has 1 aliphatic rings.